The van der Waals surface area contributed by atoms with Gasteiger partial charge < -0.3 is 13.8 Å². The summed E-state index contributed by atoms with van der Waals surface area (Å²) in [5.41, 5.74) is 0. The summed E-state index contributed by atoms with van der Waals surface area (Å²) < 4.78 is 0. The molecule has 0 rings (SSSR count). The number of hydrogen-bond donors (Lipinski definition) is 0. The summed E-state index contributed by atoms with van der Waals surface area (Å²) in [6, 6.07) is 0. The average Bonchev–Trinajstić information content (AvgIpc) is 1.98. The maximum Gasteiger partial charge on any atom is 2.00 e. The molecule has 0 aromatic carbocycles. The van der Waals surface area contributed by atoms with Crippen molar-refractivity contribution in [3.05, 3.63) is 38.7 Å². The van der Waals surface area contributed by atoms with Crippen molar-refractivity contribution in [3.63, 3.8) is 0 Å². The molecule has 0 bridgehead atoms. The molecule has 0 aromatic rings. The van der Waals surface area contributed by atoms with Crippen molar-refractivity contribution in [1.82, 2.24) is 0 Å². The molecule has 0 aliphatic carbocycles. The summed E-state index contributed by atoms with van der Waals surface area (Å²) in [4.78, 5) is 0. The molecule has 0 heterocycles. The van der Waals surface area contributed by atoms with E-state index < -0.39 is 0 Å². The molecule has 0 aromatic heterocycles. The van der Waals surface area contributed by atoms with Gasteiger partial charge >= 0.3 is 21.7 Å². The van der Waals surface area contributed by atoms with Crippen LogP contribution in [0.3, 0.4) is 0 Å². The van der Waals surface area contributed by atoms with E-state index in [0.29, 0.717) is 0 Å². The Bertz CT molecular complexity index is 46.7. The van der Waals surface area contributed by atoms with Crippen molar-refractivity contribution >= 4 is 0 Å². The van der Waals surface area contributed by atoms with Crippen LogP contribution in [0, 0.1) is 13.8 Å². The topological polar surface area (TPSA) is 0 Å². The fourth-order valence-electron chi connectivity index (χ4n) is 0.136. The summed E-state index contributed by atoms with van der Waals surface area (Å²) in [7, 11) is 0. The zero-order valence-electron chi connectivity index (χ0n) is 7.35. The third kappa shape index (κ3) is 88.1. The van der Waals surface area contributed by atoms with Gasteiger partial charge in [0.2, 0.25) is 0 Å². The Morgan fingerprint density at radius 3 is 1.40 bits per heavy atom. The molecule has 0 unspecified atom stereocenters. The largest absolute Gasteiger partial charge is 2.00 e. The Labute approximate surface area is 81.3 Å². The van der Waals surface area contributed by atoms with Gasteiger partial charge in [0.05, 0.1) is 0 Å². The van der Waals surface area contributed by atoms with Gasteiger partial charge in [-0.1, -0.05) is 24.8 Å². The molecule has 10 heavy (non-hydrogen) atoms. The van der Waals surface area contributed by atoms with E-state index in [1.165, 1.54) is 0 Å². The monoisotopic (exact) mass is 174 g/mol. The Kier molecular flexibility index (Phi) is 136. The van der Waals surface area contributed by atoms with Crippen molar-refractivity contribution in [3.8, 4) is 0 Å². The molecule has 0 spiro atoms. The second-order valence-corrected chi connectivity index (χ2v) is 0.761. The zero-order chi connectivity index (χ0) is 8.12. The van der Waals surface area contributed by atoms with Crippen LogP contribution < -0.4 is 0 Å². The van der Waals surface area contributed by atoms with Crippen LogP contribution in [-0.2, 0) is 21.7 Å². The normalized spacial score (nSPS) is 5.70. The minimum absolute atomic E-state index is 0. The van der Waals surface area contributed by atoms with Gasteiger partial charge in [-0.25, -0.2) is 0 Å². The quantitative estimate of drug-likeness (QED) is 0.324. The van der Waals surface area contributed by atoms with Crippen molar-refractivity contribution < 1.29 is 21.7 Å². The molecule has 0 radical (unpaired) electrons. The molecule has 0 fully saturated rings. The van der Waals surface area contributed by atoms with Crippen LogP contribution in [0.15, 0.2) is 24.8 Å². The van der Waals surface area contributed by atoms with Gasteiger partial charge in [-0.3, -0.25) is 0 Å². The van der Waals surface area contributed by atoms with E-state index in [0.717, 1.165) is 0 Å². The zero-order valence-corrected chi connectivity index (χ0v) is 8.91. The van der Waals surface area contributed by atoms with Gasteiger partial charge in [-0.15, -0.1) is 0 Å². The molecular formula is C9H18Ti. The SMILES string of the molecule is C=CC=CC.[CH2-]C.[CH2-]C.[Ti+2]. The van der Waals surface area contributed by atoms with E-state index in [2.05, 4.69) is 20.4 Å². The molecule has 0 saturated carbocycles. The second kappa shape index (κ2) is 60.5. The number of allylic oxidation sites excluding steroid dienone is 3. The Balaban J connectivity index is -0.0000000315. The summed E-state index contributed by atoms with van der Waals surface area (Å²) in [6.07, 6.45) is 5.58. The molecule has 0 saturated heterocycles. The van der Waals surface area contributed by atoms with E-state index >= 15 is 0 Å². The molecule has 0 aliphatic rings. The summed E-state index contributed by atoms with van der Waals surface area (Å²) in [5.74, 6) is 0. The van der Waals surface area contributed by atoms with Crippen LogP contribution >= 0.6 is 0 Å². The van der Waals surface area contributed by atoms with Crippen LogP contribution in [0.25, 0.3) is 0 Å². The number of rotatable bonds is 1. The van der Waals surface area contributed by atoms with Crippen molar-refractivity contribution in [2.45, 2.75) is 20.8 Å². The van der Waals surface area contributed by atoms with Gasteiger partial charge in [0.15, 0.2) is 0 Å². The van der Waals surface area contributed by atoms with E-state index in [1.807, 2.05) is 19.1 Å². The first-order chi connectivity index (χ1) is 4.41. The molecule has 0 nitrogen and oxygen atoms in total. The van der Waals surface area contributed by atoms with Crippen LogP contribution in [0.5, 0.6) is 0 Å². The third-order valence-electron chi connectivity index (χ3n) is 0.329. The predicted molar refractivity (Wildman–Crippen MR) is 47.1 cm³/mol. The average molecular weight is 174 g/mol. The Morgan fingerprint density at radius 1 is 1.10 bits per heavy atom. The van der Waals surface area contributed by atoms with Gasteiger partial charge in [-0.05, 0) is 6.92 Å². The smallest absolute Gasteiger partial charge is 0.346 e. The first-order valence-corrected chi connectivity index (χ1v) is 3.07. The van der Waals surface area contributed by atoms with Crippen molar-refractivity contribution in [2.75, 3.05) is 0 Å². The molecule has 0 N–H and O–H groups in total. The summed E-state index contributed by atoms with van der Waals surface area (Å²) in [6.45, 7) is 15.4. The van der Waals surface area contributed by atoms with E-state index in [-0.39, 0.29) is 21.7 Å². The summed E-state index contributed by atoms with van der Waals surface area (Å²) >= 11 is 0. The van der Waals surface area contributed by atoms with Crippen LogP contribution in [0.1, 0.15) is 20.8 Å². The first kappa shape index (κ1) is 22.5. The van der Waals surface area contributed by atoms with Crippen LogP contribution in [0.2, 0.25) is 0 Å². The minimum Gasteiger partial charge on any atom is -0.346 e. The third-order valence-corrected chi connectivity index (χ3v) is 0.329. The van der Waals surface area contributed by atoms with E-state index in [1.54, 1.807) is 19.9 Å². The molecule has 58 valence electrons. The fourth-order valence-corrected chi connectivity index (χ4v) is 0.136. The maximum absolute atomic E-state index is 3.46. The van der Waals surface area contributed by atoms with Crippen molar-refractivity contribution in [2.24, 2.45) is 0 Å². The minimum atomic E-state index is 0. The number of hydrogen-bond acceptors (Lipinski definition) is 0. The van der Waals surface area contributed by atoms with E-state index in [4.69, 9.17) is 0 Å². The molecule has 0 amide bonds. The van der Waals surface area contributed by atoms with Gasteiger partial charge in [-0.2, -0.15) is 13.8 Å². The fraction of sp³-hybridized carbons (Fsp3) is 0.333. The van der Waals surface area contributed by atoms with Gasteiger partial charge in [0, 0.05) is 0 Å². The van der Waals surface area contributed by atoms with Crippen LogP contribution in [0.4, 0.5) is 0 Å². The molecule has 0 atom stereocenters. The molecular weight excluding hydrogens is 156 g/mol. The summed E-state index contributed by atoms with van der Waals surface area (Å²) in [5, 5.41) is 0. The van der Waals surface area contributed by atoms with Gasteiger partial charge in [0.1, 0.15) is 0 Å². The standard InChI is InChI=1S/C5H8.2C2H5.Ti/c1-3-5-4-2;2*1-2;/h3-5H,1H2,2H3;2*1H2,2H3;/q;2*-1;+2. The Hall–Kier alpha value is 0.194. The molecule has 0 aliphatic heterocycles. The maximum atomic E-state index is 3.46. The Morgan fingerprint density at radius 2 is 1.40 bits per heavy atom. The van der Waals surface area contributed by atoms with Gasteiger partial charge in [0.25, 0.3) is 0 Å². The molecule has 1 heteroatoms. The van der Waals surface area contributed by atoms with E-state index in [9.17, 15) is 0 Å². The predicted octanol–water partition coefficient (Wildman–Crippen LogP) is 3.43. The second-order valence-electron chi connectivity index (χ2n) is 0.761. The van der Waals surface area contributed by atoms with Crippen LogP contribution in [-0.4, -0.2) is 0 Å². The van der Waals surface area contributed by atoms with Crippen molar-refractivity contribution in [1.29, 1.82) is 0 Å². The first-order valence-electron chi connectivity index (χ1n) is 3.07.